The number of carbonyl (C=O) groups is 1. The Morgan fingerprint density at radius 2 is 1.56 bits per heavy atom. The summed E-state index contributed by atoms with van der Waals surface area (Å²) in [6.45, 7) is 9.05. The van der Waals surface area contributed by atoms with Crippen LogP contribution >= 0.6 is 0 Å². The summed E-state index contributed by atoms with van der Waals surface area (Å²) < 4.78 is 0. The smallest absolute Gasteiger partial charge is 0.254 e. The fourth-order valence-corrected chi connectivity index (χ4v) is 4.62. The van der Waals surface area contributed by atoms with Crippen LogP contribution in [0.2, 0.25) is 0 Å². The maximum absolute atomic E-state index is 13.6. The Kier molecular flexibility index (Phi) is 6.45. The van der Waals surface area contributed by atoms with Crippen molar-refractivity contribution in [1.29, 1.82) is 0 Å². The Morgan fingerprint density at radius 3 is 2.25 bits per heavy atom. The summed E-state index contributed by atoms with van der Waals surface area (Å²) in [5.74, 6) is 0.540. The number of hydrogen-bond acceptors (Lipinski definition) is 1. The molecule has 0 radical (unpaired) electrons. The van der Waals surface area contributed by atoms with Crippen LogP contribution in [0.1, 0.15) is 72.4 Å². The number of carbonyl (C=O) groups excluding carboxylic acids is 1. The highest BCUT2D eigenvalue weighted by atomic mass is 16.2. The minimum atomic E-state index is -0.111. The minimum absolute atomic E-state index is 0.0865. The molecule has 1 atom stereocenters. The van der Waals surface area contributed by atoms with E-state index in [1.165, 1.54) is 16.5 Å². The molecule has 1 N–H and O–H groups in total. The second-order valence-corrected chi connectivity index (χ2v) is 8.40. The molecule has 0 saturated carbocycles. The van der Waals surface area contributed by atoms with E-state index in [1.807, 2.05) is 49.1 Å². The van der Waals surface area contributed by atoms with Gasteiger partial charge in [0.25, 0.3) is 5.91 Å². The van der Waals surface area contributed by atoms with Crippen LogP contribution in [-0.2, 0) is 6.42 Å². The van der Waals surface area contributed by atoms with Gasteiger partial charge in [0.15, 0.2) is 0 Å². The summed E-state index contributed by atoms with van der Waals surface area (Å²) in [6, 6.07) is 26.8. The van der Waals surface area contributed by atoms with Crippen molar-refractivity contribution in [1.82, 2.24) is 9.88 Å². The highest BCUT2D eigenvalue weighted by molar-refractivity contribution is 5.95. The molecule has 4 aromatic rings. The number of fused-ring (bicyclic) bond motifs is 3. The summed E-state index contributed by atoms with van der Waals surface area (Å²) in [5.41, 5.74) is 6.75. The van der Waals surface area contributed by atoms with E-state index in [-0.39, 0.29) is 11.9 Å². The number of aromatic amines is 1. The molecule has 3 aromatic carbocycles. The van der Waals surface area contributed by atoms with Gasteiger partial charge in [0.05, 0.1) is 6.04 Å². The van der Waals surface area contributed by atoms with E-state index >= 15 is 0 Å². The van der Waals surface area contributed by atoms with E-state index in [0.29, 0.717) is 12.5 Å². The summed E-state index contributed by atoms with van der Waals surface area (Å²) >= 11 is 0. The van der Waals surface area contributed by atoms with Gasteiger partial charge in [0, 0.05) is 28.7 Å². The molecule has 1 aliphatic rings. The third-order valence-corrected chi connectivity index (χ3v) is 6.23. The number of amides is 1. The van der Waals surface area contributed by atoms with Crippen molar-refractivity contribution in [2.24, 2.45) is 0 Å². The first-order chi connectivity index (χ1) is 15.6. The number of H-pyrrole nitrogens is 1. The Balaban J connectivity index is 0.00000119. The van der Waals surface area contributed by atoms with Crippen molar-refractivity contribution >= 4 is 16.8 Å². The maximum Gasteiger partial charge on any atom is 0.254 e. The van der Waals surface area contributed by atoms with E-state index in [9.17, 15) is 4.79 Å². The number of rotatable bonds is 3. The number of benzene rings is 3. The first kappa shape index (κ1) is 21.9. The highest BCUT2D eigenvalue weighted by Gasteiger charge is 2.34. The maximum atomic E-state index is 13.6. The normalized spacial score (nSPS) is 15.3. The lowest BCUT2D eigenvalue weighted by Crippen LogP contribution is -2.40. The quantitative estimate of drug-likeness (QED) is 0.374. The molecular formula is C29H32N2O. The Morgan fingerprint density at radius 1 is 0.906 bits per heavy atom. The molecule has 3 heteroatoms. The average molecular weight is 425 g/mol. The molecule has 1 unspecified atom stereocenters. The van der Waals surface area contributed by atoms with Crippen LogP contribution in [0.3, 0.4) is 0 Å². The molecule has 32 heavy (non-hydrogen) atoms. The van der Waals surface area contributed by atoms with Crippen molar-refractivity contribution in [2.45, 2.75) is 46.1 Å². The van der Waals surface area contributed by atoms with Crippen molar-refractivity contribution in [3.63, 3.8) is 0 Å². The fraction of sp³-hybridized carbons (Fsp3) is 0.276. The number of para-hydroxylation sites is 1. The number of aromatic nitrogens is 1. The van der Waals surface area contributed by atoms with Gasteiger partial charge in [-0.1, -0.05) is 88.4 Å². The van der Waals surface area contributed by atoms with Gasteiger partial charge in [-0.3, -0.25) is 4.79 Å². The van der Waals surface area contributed by atoms with Crippen molar-refractivity contribution in [3.8, 4) is 0 Å². The molecule has 5 rings (SSSR count). The number of nitrogens with one attached hydrogen (secondary N) is 1. The molecule has 2 heterocycles. The molecule has 0 bridgehead atoms. The summed E-state index contributed by atoms with van der Waals surface area (Å²) in [5, 5.41) is 1.27. The van der Waals surface area contributed by atoms with Crippen molar-refractivity contribution in [2.75, 3.05) is 6.54 Å². The topological polar surface area (TPSA) is 36.1 Å². The third-order valence-electron chi connectivity index (χ3n) is 6.23. The van der Waals surface area contributed by atoms with Gasteiger partial charge in [-0.25, -0.2) is 0 Å². The first-order valence-corrected chi connectivity index (χ1v) is 11.7. The second kappa shape index (κ2) is 9.44. The highest BCUT2D eigenvalue weighted by Crippen LogP contribution is 2.39. The van der Waals surface area contributed by atoms with Crippen molar-refractivity contribution < 1.29 is 4.79 Å². The predicted octanol–water partition coefficient (Wildman–Crippen LogP) is 7.11. The van der Waals surface area contributed by atoms with Crippen LogP contribution < -0.4 is 0 Å². The summed E-state index contributed by atoms with van der Waals surface area (Å²) in [4.78, 5) is 19.3. The Bertz CT molecular complexity index is 1190. The van der Waals surface area contributed by atoms with E-state index in [0.717, 1.165) is 28.8 Å². The van der Waals surface area contributed by atoms with Crippen LogP contribution in [0.25, 0.3) is 10.9 Å². The van der Waals surface area contributed by atoms with E-state index < -0.39 is 0 Å². The minimum Gasteiger partial charge on any atom is -0.356 e. The van der Waals surface area contributed by atoms with Crippen LogP contribution in [0, 0.1) is 0 Å². The lowest BCUT2D eigenvalue weighted by molar-refractivity contribution is 0.0692. The Labute approximate surface area is 191 Å². The van der Waals surface area contributed by atoms with Gasteiger partial charge >= 0.3 is 0 Å². The van der Waals surface area contributed by atoms with Gasteiger partial charge in [-0.2, -0.15) is 0 Å². The molecule has 3 nitrogen and oxygen atoms in total. The van der Waals surface area contributed by atoms with Crippen LogP contribution in [0.4, 0.5) is 0 Å². The Hall–Kier alpha value is -3.33. The lowest BCUT2D eigenvalue weighted by atomic mass is 9.91. The SMILES string of the molecule is CC.CC(C)c1ccc(C(=O)N2CCc3c([nH]c4ccccc34)C2c2ccccc2)cc1. The van der Waals surface area contributed by atoms with Gasteiger partial charge in [-0.15, -0.1) is 0 Å². The van der Waals surface area contributed by atoms with Crippen LogP contribution in [0.5, 0.6) is 0 Å². The second-order valence-electron chi connectivity index (χ2n) is 8.40. The molecule has 0 fully saturated rings. The molecule has 0 aliphatic carbocycles. The molecule has 1 aliphatic heterocycles. The lowest BCUT2D eigenvalue weighted by Gasteiger charge is -2.36. The zero-order valence-electron chi connectivity index (χ0n) is 19.4. The molecule has 1 amide bonds. The van der Waals surface area contributed by atoms with Gasteiger partial charge < -0.3 is 9.88 Å². The zero-order chi connectivity index (χ0) is 22.7. The molecule has 164 valence electrons. The fourth-order valence-electron chi connectivity index (χ4n) is 4.62. The number of nitrogens with zero attached hydrogens (tertiary/aromatic N) is 1. The standard InChI is InChI=1S/C27H26N2O.C2H6/c1-18(2)19-12-14-21(15-13-19)27(30)29-17-16-23-22-10-6-7-11-24(22)28-25(23)26(29)20-8-4-3-5-9-20;1-2/h3-15,18,26,28H,16-17H2,1-2H3;1-2H3. The molecular weight excluding hydrogens is 392 g/mol. The summed E-state index contributed by atoms with van der Waals surface area (Å²) in [6.07, 6.45) is 0.860. The van der Waals surface area contributed by atoms with Gasteiger partial charge in [-0.05, 0) is 47.2 Å². The van der Waals surface area contributed by atoms with Crippen LogP contribution in [0.15, 0.2) is 78.9 Å². The first-order valence-electron chi connectivity index (χ1n) is 11.7. The predicted molar refractivity (Wildman–Crippen MR) is 133 cm³/mol. The molecule has 0 spiro atoms. The van der Waals surface area contributed by atoms with E-state index in [1.54, 1.807) is 0 Å². The van der Waals surface area contributed by atoms with Gasteiger partial charge in [0.1, 0.15) is 0 Å². The van der Waals surface area contributed by atoms with Gasteiger partial charge in [0.2, 0.25) is 0 Å². The van der Waals surface area contributed by atoms with Crippen LogP contribution in [-0.4, -0.2) is 22.3 Å². The van der Waals surface area contributed by atoms with E-state index in [2.05, 4.69) is 67.4 Å². The molecule has 0 saturated heterocycles. The van der Waals surface area contributed by atoms with Crippen molar-refractivity contribution in [3.05, 3.63) is 107 Å². The largest absolute Gasteiger partial charge is 0.356 e. The molecule has 1 aromatic heterocycles. The van der Waals surface area contributed by atoms with E-state index in [4.69, 9.17) is 0 Å². The third kappa shape index (κ3) is 3.95. The summed E-state index contributed by atoms with van der Waals surface area (Å²) in [7, 11) is 0. The zero-order valence-corrected chi connectivity index (χ0v) is 19.4. The monoisotopic (exact) mass is 424 g/mol. The average Bonchev–Trinajstić information content (AvgIpc) is 3.23. The number of hydrogen-bond donors (Lipinski definition) is 1.